The monoisotopic (exact) mass is 1080 g/mol. The van der Waals surface area contributed by atoms with Gasteiger partial charge in [0.05, 0.1) is 18.8 Å². The van der Waals surface area contributed by atoms with Crippen molar-refractivity contribution < 1.29 is 15.0 Å². The zero-order chi connectivity index (χ0) is 55.5. The second kappa shape index (κ2) is 68.4. The SMILES string of the molecule is CCCCCCC/C=C\C/C=C\C/C=C\CCCCCCCCCCCCCCCCCCCCCCCCCCC(=O)NC(CO)C(O)/C=C/CC/C=C/CCCCCCCCCCCCCCCCCCCCCC. The van der Waals surface area contributed by atoms with Gasteiger partial charge in [0.1, 0.15) is 0 Å². The van der Waals surface area contributed by atoms with Crippen LogP contribution in [0, 0.1) is 0 Å². The Morgan fingerprint density at radius 1 is 0.312 bits per heavy atom. The molecule has 0 radical (unpaired) electrons. The van der Waals surface area contributed by atoms with Gasteiger partial charge in [0.2, 0.25) is 5.91 Å². The van der Waals surface area contributed by atoms with Crippen LogP contribution < -0.4 is 5.32 Å². The third-order valence-corrected chi connectivity index (χ3v) is 16.2. The van der Waals surface area contributed by atoms with E-state index in [2.05, 4.69) is 67.8 Å². The Balaban J connectivity index is 3.44. The van der Waals surface area contributed by atoms with Crippen LogP contribution in [0.25, 0.3) is 0 Å². The molecule has 0 bridgehead atoms. The van der Waals surface area contributed by atoms with E-state index < -0.39 is 12.1 Å². The maximum Gasteiger partial charge on any atom is 0.220 e. The number of aliphatic hydroxyl groups excluding tert-OH is 2. The summed E-state index contributed by atoms with van der Waals surface area (Å²) in [6.07, 6.45) is 97.4. The lowest BCUT2D eigenvalue weighted by molar-refractivity contribution is -0.123. The molecule has 2 atom stereocenters. The minimum absolute atomic E-state index is 0.0670. The fourth-order valence-electron chi connectivity index (χ4n) is 10.9. The molecule has 0 spiro atoms. The average Bonchev–Trinajstić information content (AvgIpc) is 3.43. The van der Waals surface area contributed by atoms with E-state index in [9.17, 15) is 15.0 Å². The lowest BCUT2D eigenvalue weighted by Crippen LogP contribution is -2.45. The van der Waals surface area contributed by atoms with Gasteiger partial charge in [-0.1, -0.05) is 364 Å². The first-order valence-electron chi connectivity index (χ1n) is 35.0. The van der Waals surface area contributed by atoms with Gasteiger partial charge in [0.15, 0.2) is 0 Å². The third-order valence-electron chi connectivity index (χ3n) is 16.2. The number of hydrogen-bond acceptors (Lipinski definition) is 3. The molecule has 0 aromatic rings. The van der Waals surface area contributed by atoms with Crippen LogP contribution in [0.1, 0.15) is 380 Å². The lowest BCUT2D eigenvalue weighted by Gasteiger charge is -2.19. The Morgan fingerprint density at radius 3 is 0.844 bits per heavy atom. The van der Waals surface area contributed by atoms with Gasteiger partial charge in [-0.15, -0.1) is 0 Å². The predicted octanol–water partition coefficient (Wildman–Crippen LogP) is 23.9. The molecule has 452 valence electrons. The standard InChI is InChI=1S/C73H137NO3/c1-3-5-7-9-11-13-15-17-19-21-23-25-27-29-31-32-33-34-35-36-37-38-39-40-41-42-43-45-47-49-51-53-55-57-59-61-63-65-67-69-73(77)74-71(70-75)72(76)68-66-64-62-60-58-56-54-52-50-48-46-44-30-28-26-24-22-20-18-16-14-12-10-8-6-4-2/h15,17,21,23,27,29,58,60,66,68,71-72,75-76H,3-14,16,18-20,22,24-26,28,30-57,59,61-65,67,69-70H2,1-2H3,(H,74,77)/b17-15-,23-21-,29-27-,60-58+,68-66+. The minimum Gasteiger partial charge on any atom is -0.394 e. The van der Waals surface area contributed by atoms with E-state index in [4.69, 9.17) is 0 Å². The number of hydrogen-bond donors (Lipinski definition) is 3. The smallest absolute Gasteiger partial charge is 0.220 e. The van der Waals surface area contributed by atoms with E-state index in [1.165, 1.54) is 315 Å². The number of carbonyl (C=O) groups excluding carboxylic acids is 1. The Hall–Kier alpha value is -1.91. The van der Waals surface area contributed by atoms with E-state index in [1.807, 2.05) is 6.08 Å². The summed E-state index contributed by atoms with van der Waals surface area (Å²) in [5.74, 6) is -0.0670. The van der Waals surface area contributed by atoms with Gasteiger partial charge < -0.3 is 15.5 Å². The molecule has 0 aromatic heterocycles. The molecule has 0 rings (SSSR count). The topological polar surface area (TPSA) is 69.6 Å². The van der Waals surface area contributed by atoms with E-state index in [1.54, 1.807) is 6.08 Å². The molecule has 0 fully saturated rings. The number of nitrogens with one attached hydrogen (secondary N) is 1. The Morgan fingerprint density at radius 2 is 0.545 bits per heavy atom. The van der Waals surface area contributed by atoms with Crippen molar-refractivity contribution >= 4 is 5.91 Å². The van der Waals surface area contributed by atoms with Crippen LogP contribution in [0.4, 0.5) is 0 Å². The number of aliphatic hydroxyl groups is 2. The molecular formula is C73H137NO3. The highest BCUT2D eigenvalue weighted by molar-refractivity contribution is 5.76. The summed E-state index contributed by atoms with van der Waals surface area (Å²) in [5, 5.41) is 23.3. The summed E-state index contributed by atoms with van der Waals surface area (Å²) in [6.45, 7) is 4.32. The van der Waals surface area contributed by atoms with Crippen molar-refractivity contribution in [3.63, 3.8) is 0 Å². The number of rotatable bonds is 65. The highest BCUT2D eigenvalue weighted by atomic mass is 16.3. The number of amides is 1. The molecule has 4 heteroatoms. The fraction of sp³-hybridized carbons (Fsp3) is 0.849. The summed E-state index contributed by atoms with van der Waals surface area (Å²) in [6, 6.07) is -0.641. The molecule has 0 aliphatic rings. The Labute approximate surface area is 483 Å². The highest BCUT2D eigenvalue weighted by Gasteiger charge is 2.18. The molecule has 2 unspecified atom stereocenters. The van der Waals surface area contributed by atoms with E-state index in [-0.39, 0.29) is 12.5 Å². The van der Waals surface area contributed by atoms with Gasteiger partial charge >= 0.3 is 0 Å². The van der Waals surface area contributed by atoms with Crippen molar-refractivity contribution in [1.29, 1.82) is 0 Å². The third kappa shape index (κ3) is 64.8. The van der Waals surface area contributed by atoms with Crippen molar-refractivity contribution in [3.05, 3.63) is 60.8 Å². The molecule has 77 heavy (non-hydrogen) atoms. The number of unbranched alkanes of at least 4 members (excludes halogenated alkanes) is 50. The minimum atomic E-state index is -0.864. The van der Waals surface area contributed by atoms with Crippen LogP contribution in [0.5, 0.6) is 0 Å². The largest absolute Gasteiger partial charge is 0.394 e. The second-order valence-electron chi connectivity index (χ2n) is 23.9. The zero-order valence-electron chi connectivity index (χ0n) is 52.2. The Kier molecular flexibility index (Phi) is 66.7. The molecule has 0 saturated carbocycles. The summed E-state index contributed by atoms with van der Waals surface area (Å²) in [5.41, 5.74) is 0. The molecule has 0 heterocycles. The van der Waals surface area contributed by atoms with Crippen molar-refractivity contribution in [2.24, 2.45) is 0 Å². The predicted molar refractivity (Wildman–Crippen MR) is 345 cm³/mol. The molecular weight excluding hydrogens is 939 g/mol. The summed E-state index contributed by atoms with van der Waals surface area (Å²) >= 11 is 0. The zero-order valence-corrected chi connectivity index (χ0v) is 52.2. The van der Waals surface area contributed by atoms with Gasteiger partial charge in [0.25, 0.3) is 0 Å². The van der Waals surface area contributed by atoms with Gasteiger partial charge in [-0.2, -0.15) is 0 Å². The van der Waals surface area contributed by atoms with Gasteiger partial charge in [0, 0.05) is 6.42 Å². The summed E-state index contributed by atoms with van der Waals surface area (Å²) < 4.78 is 0. The van der Waals surface area contributed by atoms with Gasteiger partial charge in [-0.05, 0) is 70.6 Å². The maximum atomic E-state index is 12.5. The van der Waals surface area contributed by atoms with Crippen LogP contribution in [0.3, 0.4) is 0 Å². The first-order chi connectivity index (χ1) is 38.2. The normalized spacial score (nSPS) is 13.0. The molecule has 3 N–H and O–H groups in total. The molecule has 1 amide bonds. The van der Waals surface area contributed by atoms with Crippen molar-refractivity contribution in [2.75, 3.05) is 6.61 Å². The van der Waals surface area contributed by atoms with Crippen molar-refractivity contribution in [1.82, 2.24) is 5.32 Å². The quantitative estimate of drug-likeness (QED) is 0.0420. The highest BCUT2D eigenvalue weighted by Crippen LogP contribution is 2.18. The summed E-state index contributed by atoms with van der Waals surface area (Å²) in [4.78, 5) is 12.5. The van der Waals surface area contributed by atoms with Crippen LogP contribution >= 0.6 is 0 Å². The maximum absolute atomic E-state index is 12.5. The summed E-state index contributed by atoms with van der Waals surface area (Å²) in [7, 11) is 0. The van der Waals surface area contributed by atoms with Crippen LogP contribution in [-0.2, 0) is 4.79 Å². The fourth-order valence-corrected chi connectivity index (χ4v) is 10.9. The van der Waals surface area contributed by atoms with Crippen LogP contribution in [-0.4, -0.2) is 34.9 Å². The Bertz CT molecular complexity index is 1270. The second-order valence-corrected chi connectivity index (χ2v) is 23.9. The van der Waals surface area contributed by atoms with Crippen LogP contribution in [0.15, 0.2) is 60.8 Å². The molecule has 0 aromatic carbocycles. The van der Waals surface area contributed by atoms with E-state index in [0.717, 1.165) is 44.9 Å². The number of carbonyl (C=O) groups is 1. The average molecular weight is 1080 g/mol. The molecule has 0 aliphatic carbocycles. The molecule has 0 aliphatic heterocycles. The van der Waals surface area contributed by atoms with Crippen molar-refractivity contribution in [3.8, 4) is 0 Å². The molecule has 4 nitrogen and oxygen atoms in total. The lowest BCUT2D eigenvalue weighted by atomic mass is 10.0. The number of allylic oxidation sites excluding steroid dienone is 9. The van der Waals surface area contributed by atoms with E-state index in [0.29, 0.717) is 6.42 Å². The van der Waals surface area contributed by atoms with E-state index >= 15 is 0 Å². The molecule has 0 saturated heterocycles. The van der Waals surface area contributed by atoms with Gasteiger partial charge in [-0.3, -0.25) is 4.79 Å². The first-order valence-corrected chi connectivity index (χ1v) is 35.0. The first kappa shape index (κ1) is 75.1. The van der Waals surface area contributed by atoms with Crippen molar-refractivity contribution in [2.45, 2.75) is 392 Å². The van der Waals surface area contributed by atoms with Gasteiger partial charge in [-0.25, -0.2) is 0 Å². The van der Waals surface area contributed by atoms with Crippen LogP contribution in [0.2, 0.25) is 0 Å².